The minimum atomic E-state index is -0.656. The summed E-state index contributed by atoms with van der Waals surface area (Å²) in [6, 6.07) is 7.34. The van der Waals surface area contributed by atoms with Gasteiger partial charge >= 0.3 is 0 Å². The average Bonchev–Trinajstić information content (AvgIpc) is 3.19. The summed E-state index contributed by atoms with van der Waals surface area (Å²) in [5.74, 6) is 0.505. The van der Waals surface area contributed by atoms with Gasteiger partial charge in [0.1, 0.15) is 5.82 Å². The monoisotopic (exact) mass is 519 g/mol. The second-order valence-electron chi connectivity index (χ2n) is 8.85. The molecule has 4 rings (SSSR count). The van der Waals surface area contributed by atoms with E-state index >= 15 is 0 Å². The molecule has 1 aromatic heterocycles. The summed E-state index contributed by atoms with van der Waals surface area (Å²) in [6.45, 7) is 6.22. The molecule has 0 fully saturated rings. The summed E-state index contributed by atoms with van der Waals surface area (Å²) < 4.78 is 0.824. The number of ketones is 1. The van der Waals surface area contributed by atoms with Crippen LogP contribution in [0.2, 0.25) is 10.0 Å². The van der Waals surface area contributed by atoms with E-state index in [0.29, 0.717) is 39.2 Å². The predicted octanol–water partition coefficient (Wildman–Crippen LogP) is 6.29. The minimum absolute atomic E-state index is 0.0207. The maximum Gasteiger partial charge on any atom is 0.219 e. The highest BCUT2D eigenvalue weighted by atomic mass is 35.5. The van der Waals surface area contributed by atoms with Crippen LogP contribution in [0.25, 0.3) is 0 Å². The van der Waals surface area contributed by atoms with E-state index in [9.17, 15) is 10.1 Å². The van der Waals surface area contributed by atoms with E-state index in [1.807, 2.05) is 0 Å². The number of hydrogen-bond donors (Lipinski definition) is 1. The Morgan fingerprint density at radius 2 is 2.09 bits per heavy atom. The van der Waals surface area contributed by atoms with Gasteiger partial charge in [-0.2, -0.15) is 5.26 Å². The summed E-state index contributed by atoms with van der Waals surface area (Å²) in [6.07, 6.45) is 1.99. The molecular weight excluding hydrogens is 497 g/mol. The van der Waals surface area contributed by atoms with Crippen LogP contribution in [0, 0.1) is 16.7 Å². The highest BCUT2D eigenvalue weighted by molar-refractivity contribution is 8.01. The first-order chi connectivity index (χ1) is 15.7. The first kappa shape index (κ1) is 24.1. The molecule has 1 aliphatic carbocycles. The SMILES string of the molecule is CCCSc1nnc(N2C(N)=C(C#N)C(c3ccc(Cl)cc3Cl)C3=C2CC(C)(C)CC3=O)s1. The number of carbonyl (C=O) groups excluding carboxylic acids is 1. The Bertz CT molecular complexity index is 1230. The number of thioether (sulfide) groups is 1. The van der Waals surface area contributed by atoms with Crippen LogP contribution < -0.4 is 10.6 Å². The fourth-order valence-electron chi connectivity index (χ4n) is 4.31. The molecule has 2 N–H and O–H groups in total. The van der Waals surface area contributed by atoms with Gasteiger partial charge in [0.25, 0.3) is 0 Å². The topological polar surface area (TPSA) is 95.9 Å². The van der Waals surface area contributed by atoms with Crippen LogP contribution >= 0.6 is 46.3 Å². The molecule has 2 aliphatic rings. The summed E-state index contributed by atoms with van der Waals surface area (Å²) in [7, 11) is 0. The molecule has 10 heteroatoms. The van der Waals surface area contributed by atoms with Gasteiger partial charge in [-0.05, 0) is 36.0 Å². The number of Topliss-reactive ketones (excluding diaryl/α,β-unsaturated/α-hetero) is 1. The molecule has 1 aliphatic heterocycles. The van der Waals surface area contributed by atoms with Gasteiger partial charge < -0.3 is 5.73 Å². The van der Waals surface area contributed by atoms with Crippen molar-refractivity contribution in [2.75, 3.05) is 10.7 Å². The lowest BCUT2D eigenvalue weighted by Crippen LogP contribution is -2.42. The molecule has 0 saturated heterocycles. The molecule has 0 saturated carbocycles. The van der Waals surface area contributed by atoms with Crippen LogP contribution in [0.15, 0.2) is 45.2 Å². The van der Waals surface area contributed by atoms with E-state index in [2.05, 4.69) is 37.0 Å². The summed E-state index contributed by atoms with van der Waals surface area (Å²) in [4.78, 5) is 15.3. The number of anilines is 1. The van der Waals surface area contributed by atoms with E-state index in [-0.39, 0.29) is 22.6 Å². The Morgan fingerprint density at radius 3 is 2.76 bits per heavy atom. The lowest BCUT2D eigenvalue weighted by Gasteiger charge is -2.42. The van der Waals surface area contributed by atoms with Crippen molar-refractivity contribution in [2.45, 2.75) is 50.3 Å². The normalized spacial score (nSPS) is 20.2. The fourth-order valence-corrected chi connectivity index (χ4v) is 6.64. The lowest BCUT2D eigenvalue weighted by molar-refractivity contribution is -0.118. The molecule has 33 heavy (non-hydrogen) atoms. The summed E-state index contributed by atoms with van der Waals surface area (Å²) in [5, 5.41) is 20.2. The summed E-state index contributed by atoms with van der Waals surface area (Å²) in [5.41, 5.74) is 8.56. The van der Waals surface area contributed by atoms with Crippen LogP contribution in [0.4, 0.5) is 5.13 Å². The van der Waals surface area contributed by atoms with E-state index in [0.717, 1.165) is 22.2 Å². The smallest absolute Gasteiger partial charge is 0.219 e. The van der Waals surface area contributed by atoms with Crippen LogP contribution in [-0.4, -0.2) is 21.7 Å². The molecule has 2 heterocycles. The zero-order valence-corrected chi connectivity index (χ0v) is 21.6. The molecule has 172 valence electrons. The van der Waals surface area contributed by atoms with Crippen molar-refractivity contribution in [1.29, 1.82) is 5.26 Å². The van der Waals surface area contributed by atoms with Crippen molar-refractivity contribution in [3.05, 3.63) is 56.5 Å². The number of nitrogens with zero attached hydrogens (tertiary/aromatic N) is 4. The van der Waals surface area contributed by atoms with Gasteiger partial charge in [-0.15, -0.1) is 10.2 Å². The predicted molar refractivity (Wildman–Crippen MR) is 134 cm³/mol. The largest absolute Gasteiger partial charge is 0.384 e. The van der Waals surface area contributed by atoms with Gasteiger partial charge in [0.2, 0.25) is 5.13 Å². The first-order valence-corrected chi connectivity index (χ1v) is 13.1. The van der Waals surface area contributed by atoms with Gasteiger partial charge in [0.05, 0.1) is 17.6 Å². The van der Waals surface area contributed by atoms with Gasteiger partial charge in [0.15, 0.2) is 10.1 Å². The molecule has 0 amide bonds. The number of aromatic nitrogens is 2. The number of nitriles is 1. The third-order valence-electron chi connectivity index (χ3n) is 5.67. The molecule has 1 unspecified atom stereocenters. The van der Waals surface area contributed by atoms with Crippen molar-refractivity contribution < 1.29 is 4.79 Å². The van der Waals surface area contributed by atoms with Crippen LogP contribution in [0.5, 0.6) is 0 Å². The Hall–Kier alpha value is -2.05. The zero-order valence-electron chi connectivity index (χ0n) is 18.5. The molecule has 1 aromatic carbocycles. The number of halogens is 2. The average molecular weight is 521 g/mol. The highest BCUT2D eigenvalue weighted by Crippen LogP contribution is 2.51. The second-order valence-corrected chi connectivity index (χ2v) is 12.0. The highest BCUT2D eigenvalue weighted by Gasteiger charge is 2.45. The molecule has 6 nitrogen and oxygen atoms in total. The van der Waals surface area contributed by atoms with Crippen molar-refractivity contribution >= 4 is 57.2 Å². The summed E-state index contributed by atoms with van der Waals surface area (Å²) >= 11 is 15.7. The van der Waals surface area contributed by atoms with Crippen molar-refractivity contribution in [3.63, 3.8) is 0 Å². The fraction of sp³-hybridized carbons (Fsp3) is 0.391. The van der Waals surface area contributed by atoms with Gasteiger partial charge in [0, 0.05) is 33.5 Å². The minimum Gasteiger partial charge on any atom is -0.384 e. The second kappa shape index (κ2) is 9.30. The Labute approximate surface area is 211 Å². The standard InChI is InChI=1S/C23H23Cl2N5OS2/c1-4-7-32-22-29-28-21(33-22)30-16-9-23(2,3)10-17(31)19(16)18(14(11-26)20(30)27)13-6-5-12(24)8-15(13)25/h5-6,8,18H,4,7,9-10,27H2,1-3H3. The van der Waals surface area contributed by atoms with Gasteiger partial charge in [-0.25, -0.2) is 0 Å². The quantitative estimate of drug-likeness (QED) is 0.463. The molecule has 0 spiro atoms. The molecule has 0 radical (unpaired) electrons. The van der Waals surface area contributed by atoms with Crippen molar-refractivity contribution in [3.8, 4) is 6.07 Å². The van der Waals surface area contributed by atoms with Crippen LogP contribution in [-0.2, 0) is 4.79 Å². The zero-order chi connectivity index (χ0) is 23.9. The third kappa shape index (κ3) is 4.52. The molecule has 0 bridgehead atoms. The number of nitrogens with two attached hydrogens (primary N) is 1. The van der Waals surface area contributed by atoms with Gasteiger partial charge in [-0.3, -0.25) is 9.69 Å². The Kier molecular flexibility index (Phi) is 6.79. The molecule has 1 atom stereocenters. The lowest BCUT2D eigenvalue weighted by atomic mass is 9.68. The van der Waals surface area contributed by atoms with Crippen LogP contribution in [0.1, 0.15) is 51.5 Å². The number of hydrogen-bond acceptors (Lipinski definition) is 8. The maximum atomic E-state index is 13.5. The van der Waals surface area contributed by atoms with E-state index in [4.69, 9.17) is 28.9 Å². The van der Waals surface area contributed by atoms with Crippen molar-refractivity contribution in [2.24, 2.45) is 11.1 Å². The van der Waals surface area contributed by atoms with E-state index in [1.54, 1.807) is 34.9 Å². The number of carbonyl (C=O) groups is 1. The maximum absolute atomic E-state index is 13.5. The first-order valence-electron chi connectivity index (χ1n) is 10.5. The van der Waals surface area contributed by atoms with Crippen LogP contribution in [0.3, 0.4) is 0 Å². The van der Waals surface area contributed by atoms with Crippen molar-refractivity contribution in [1.82, 2.24) is 10.2 Å². The van der Waals surface area contributed by atoms with E-state index in [1.165, 1.54) is 11.3 Å². The molecular formula is C23H23Cl2N5OS2. The third-order valence-corrected chi connectivity index (χ3v) is 8.48. The Morgan fingerprint density at radius 1 is 1.33 bits per heavy atom. The molecule has 2 aromatic rings. The Balaban J connectivity index is 1.93. The van der Waals surface area contributed by atoms with E-state index < -0.39 is 5.92 Å². The number of rotatable bonds is 5. The number of allylic oxidation sites excluding steroid dienone is 3. The number of benzene rings is 1. The van der Waals surface area contributed by atoms with Gasteiger partial charge in [-0.1, -0.05) is 73.1 Å².